The number of likely N-dealkylation sites (N-methyl/N-ethyl adjacent to an activating group) is 1. The Morgan fingerprint density at radius 2 is 1.58 bits per heavy atom. The second kappa shape index (κ2) is 10.7. The molecule has 1 amide bonds. The van der Waals surface area contributed by atoms with Crippen molar-refractivity contribution in [3.63, 3.8) is 0 Å². The summed E-state index contributed by atoms with van der Waals surface area (Å²) in [5.41, 5.74) is 10.6. The first-order valence-electron chi connectivity index (χ1n) is 15.6. The largest absolute Gasteiger partial charge is 0.443 e. The zero-order valence-corrected chi connectivity index (χ0v) is 27.7. The molecule has 2 aromatic carbocycles. The second-order valence-corrected chi connectivity index (χ2v) is 14.1. The number of carbonyl (C=O) groups excluding carboxylic acids is 1. The molecule has 1 N–H and O–H groups in total. The molecule has 0 saturated carbocycles. The third-order valence-corrected chi connectivity index (χ3v) is 9.17. The molecule has 0 radical (unpaired) electrons. The highest BCUT2D eigenvalue weighted by molar-refractivity contribution is 5.79. The van der Waals surface area contributed by atoms with Gasteiger partial charge in [0, 0.05) is 47.3 Å². The molecule has 1 aliphatic carbocycles. The predicted octanol–water partition coefficient (Wildman–Crippen LogP) is 9.59. The van der Waals surface area contributed by atoms with Gasteiger partial charge in [-0.3, -0.25) is 4.90 Å². The number of anilines is 1. The monoisotopic (exact) mass is 597 g/mol. The first kappa shape index (κ1) is 30.3. The number of rotatable bonds is 3. The first-order chi connectivity index (χ1) is 21.2. The molecule has 6 rings (SSSR count). The molecule has 2 aliphatic heterocycles. The molecule has 5 heteroatoms. The normalized spacial score (nSPS) is 20.3. The van der Waals surface area contributed by atoms with Gasteiger partial charge in [0.25, 0.3) is 0 Å². The highest BCUT2D eigenvalue weighted by Crippen LogP contribution is 2.46. The maximum atomic E-state index is 13.5. The van der Waals surface area contributed by atoms with Gasteiger partial charge in [0.05, 0.1) is 5.70 Å². The van der Waals surface area contributed by atoms with Crippen molar-refractivity contribution in [1.29, 1.82) is 0 Å². The van der Waals surface area contributed by atoms with Gasteiger partial charge in [-0.05, 0) is 96.2 Å². The first-order valence-corrected chi connectivity index (χ1v) is 15.6. The minimum atomic E-state index is -0.626. The Morgan fingerprint density at radius 1 is 0.889 bits per heavy atom. The van der Waals surface area contributed by atoms with E-state index in [1.807, 2.05) is 33.0 Å². The number of ether oxygens (including phenoxy) is 1. The van der Waals surface area contributed by atoms with Crippen molar-refractivity contribution in [2.75, 3.05) is 12.4 Å². The van der Waals surface area contributed by atoms with Crippen LogP contribution in [0.3, 0.4) is 0 Å². The van der Waals surface area contributed by atoms with E-state index >= 15 is 0 Å². The standard InChI is InChI=1S/C40H43N3O2/c1-26-27(20-22-41-33-16-12-10-14-31(33)39(26,5)6)24-28-18-19-29(35(28)42(9)37(44)45-38(2,3)4)25-30-21-23-43-34-17-13-11-15-32(34)40(7,8)36(30)43/h10-25,41H,1H2,2-9H3/b22-20-,27-24+,29-25+. The number of amides is 1. The third kappa shape index (κ3) is 5.20. The lowest BCUT2D eigenvalue weighted by Gasteiger charge is -2.32. The minimum absolute atomic E-state index is 0.170. The van der Waals surface area contributed by atoms with Crippen LogP contribution in [0.4, 0.5) is 10.5 Å². The summed E-state index contributed by atoms with van der Waals surface area (Å²) in [7, 11) is 1.79. The Balaban J connectivity index is 1.47. The van der Waals surface area contributed by atoms with Gasteiger partial charge in [-0.25, -0.2) is 4.79 Å². The number of aromatic nitrogens is 1. The summed E-state index contributed by atoms with van der Waals surface area (Å²) in [6, 6.07) is 19.1. The van der Waals surface area contributed by atoms with E-state index in [0.717, 1.165) is 39.2 Å². The molecule has 0 fully saturated rings. The lowest BCUT2D eigenvalue weighted by atomic mass is 9.73. The Morgan fingerprint density at radius 3 is 2.31 bits per heavy atom. The molecule has 3 heterocycles. The molecule has 3 aromatic rings. The van der Waals surface area contributed by atoms with Crippen LogP contribution in [0.2, 0.25) is 0 Å². The Labute approximate surface area is 267 Å². The molecule has 230 valence electrons. The van der Waals surface area contributed by atoms with Crippen molar-refractivity contribution in [2.24, 2.45) is 0 Å². The molecule has 0 saturated heterocycles. The highest BCUT2D eigenvalue weighted by Gasteiger charge is 2.38. The number of nitrogens with zero attached hydrogens (tertiary/aromatic N) is 2. The minimum Gasteiger partial charge on any atom is -0.443 e. The van der Waals surface area contributed by atoms with E-state index in [0.29, 0.717) is 0 Å². The smallest absolute Gasteiger partial charge is 0.414 e. The molecule has 0 spiro atoms. The number of para-hydroxylation sites is 2. The number of hydrogen-bond donors (Lipinski definition) is 1. The summed E-state index contributed by atoms with van der Waals surface area (Å²) in [6.07, 6.45) is 14.3. The van der Waals surface area contributed by atoms with E-state index in [9.17, 15) is 4.79 Å². The van der Waals surface area contributed by atoms with Crippen LogP contribution in [0.1, 0.15) is 70.9 Å². The van der Waals surface area contributed by atoms with Crippen molar-refractivity contribution in [1.82, 2.24) is 9.47 Å². The summed E-state index contributed by atoms with van der Waals surface area (Å²) in [5.74, 6) is 0. The summed E-state index contributed by atoms with van der Waals surface area (Å²) < 4.78 is 8.14. The molecule has 0 unspecified atom stereocenters. The van der Waals surface area contributed by atoms with Crippen LogP contribution in [0, 0.1) is 0 Å². The van der Waals surface area contributed by atoms with Gasteiger partial charge in [-0.1, -0.05) is 82.8 Å². The van der Waals surface area contributed by atoms with Gasteiger partial charge < -0.3 is 14.6 Å². The average molecular weight is 598 g/mol. The maximum Gasteiger partial charge on any atom is 0.414 e. The zero-order valence-electron chi connectivity index (χ0n) is 27.7. The van der Waals surface area contributed by atoms with E-state index < -0.39 is 11.7 Å². The molecule has 0 atom stereocenters. The maximum absolute atomic E-state index is 13.5. The lowest BCUT2D eigenvalue weighted by molar-refractivity contribution is 0.0357. The SMILES string of the molecule is C=C1C(=C/C2=C(N(C)C(=O)OC(C)(C)C)C(=C/c3ccn4c3C(C)(C)c3ccccc3-4)/C=C2)/C=C\Nc2ccccc2C1(C)C. The number of allylic oxidation sites excluding steroid dienone is 7. The topological polar surface area (TPSA) is 46.5 Å². The van der Waals surface area contributed by atoms with Crippen LogP contribution in [-0.4, -0.2) is 28.2 Å². The van der Waals surface area contributed by atoms with Crippen LogP contribution < -0.4 is 5.32 Å². The van der Waals surface area contributed by atoms with Crippen molar-refractivity contribution >= 4 is 17.9 Å². The van der Waals surface area contributed by atoms with Crippen LogP contribution in [0.5, 0.6) is 0 Å². The molecule has 45 heavy (non-hydrogen) atoms. The van der Waals surface area contributed by atoms with Gasteiger partial charge in [0.1, 0.15) is 5.60 Å². The quantitative estimate of drug-likeness (QED) is 0.327. The third-order valence-electron chi connectivity index (χ3n) is 9.17. The van der Waals surface area contributed by atoms with Crippen molar-refractivity contribution in [3.8, 4) is 5.69 Å². The summed E-state index contributed by atoms with van der Waals surface area (Å²) in [4.78, 5) is 15.2. The van der Waals surface area contributed by atoms with Crippen molar-refractivity contribution in [2.45, 2.75) is 64.9 Å². The van der Waals surface area contributed by atoms with E-state index in [4.69, 9.17) is 4.74 Å². The highest BCUT2D eigenvalue weighted by atomic mass is 16.6. The summed E-state index contributed by atoms with van der Waals surface area (Å²) >= 11 is 0. The van der Waals surface area contributed by atoms with E-state index in [2.05, 4.69) is 129 Å². The lowest BCUT2D eigenvalue weighted by Crippen LogP contribution is -2.34. The second-order valence-electron chi connectivity index (χ2n) is 14.1. The van der Waals surface area contributed by atoms with Crippen LogP contribution >= 0.6 is 0 Å². The molecule has 3 aliphatic rings. The van der Waals surface area contributed by atoms with Crippen molar-refractivity contribution in [3.05, 3.63) is 148 Å². The van der Waals surface area contributed by atoms with E-state index in [1.54, 1.807) is 11.9 Å². The molecular formula is C40H43N3O2. The van der Waals surface area contributed by atoms with Gasteiger partial charge >= 0.3 is 6.09 Å². The fourth-order valence-electron chi connectivity index (χ4n) is 6.78. The number of fused-ring (bicyclic) bond motifs is 4. The van der Waals surface area contributed by atoms with Gasteiger partial charge in [-0.2, -0.15) is 0 Å². The number of nitrogens with one attached hydrogen (secondary N) is 1. The predicted molar refractivity (Wildman–Crippen MR) is 185 cm³/mol. The summed E-state index contributed by atoms with van der Waals surface area (Å²) in [5, 5.41) is 3.46. The number of carbonyl (C=O) groups is 1. The van der Waals surface area contributed by atoms with E-state index in [1.165, 1.54) is 22.5 Å². The molecule has 5 nitrogen and oxygen atoms in total. The molecular weight excluding hydrogens is 554 g/mol. The Hall–Kier alpha value is -4.77. The fraction of sp³-hybridized carbons (Fsp3) is 0.275. The number of benzene rings is 2. The van der Waals surface area contributed by atoms with Gasteiger partial charge in [0.15, 0.2) is 0 Å². The van der Waals surface area contributed by atoms with Crippen LogP contribution in [0.15, 0.2) is 126 Å². The number of hydrogen-bond acceptors (Lipinski definition) is 3. The zero-order chi connectivity index (χ0) is 32.3. The molecule has 1 aromatic heterocycles. The van der Waals surface area contributed by atoms with Gasteiger partial charge in [-0.15, -0.1) is 0 Å². The Kier molecular flexibility index (Phi) is 7.19. The average Bonchev–Trinajstić information content (AvgIpc) is 3.64. The van der Waals surface area contributed by atoms with E-state index in [-0.39, 0.29) is 10.8 Å². The fourth-order valence-corrected chi connectivity index (χ4v) is 6.78. The van der Waals surface area contributed by atoms with Crippen molar-refractivity contribution < 1.29 is 9.53 Å². The van der Waals surface area contributed by atoms with Crippen LogP contribution in [0.25, 0.3) is 11.8 Å². The molecule has 0 bridgehead atoms. The van der Waals surface area contributed by atoms with Gasteiger partial charge in [0.2, 0.25) is 0 Å². The summed E-state index contributed by atoms with van der Waals surface area (Å²) in [6.45, 7) is 19.2. The Bertz CT molecular complexity index is 1880. The van der Waals surface area contributed by atoms with Crippen LogP contribution in [-0.2, 0) is 15.6 Å².